The number of amides is 2. The zero-order chi connectivity index (χ0) is 29.8. The second kappa shape index (κ2) is 14.0. The average molecular weight is 621 g/mol. The normalized spacial score (nSPS) is 19.1. The molecule has 1 aromatic heterocycles. The minimum Gasteiger partial charge on any atom is -0.478 e. The number of piperidine rings is 1. The molecule has 2 N–H and O–H groups in total. The van der Waals surface area contributed by atoms with Gasteiger partial charge >= 0.3 is 0 Å². The maximum absolute atomic E-state index is 14.1. The molecule has 2 amide bonds. The number of aromatic nitrogens is 2. The summed E-state index contributed by atoms with van der Waals surface area (Å²) in [5.74, 6) is 0.906. The monoisotopic (exact) mass is 620 g/mol. The van der Waals surface area contributed by atoms with Crippen LogP contribution in [0.1, 0.15) is 51.5 Å². The van der Waals surface area contributed by atoms with Crippen molar-refractivity contribution in [2.24, 2.45) is 5.92 Å². The lowest BCUT2D eigenvalue weighted by Gasteiger charge is -2.42. The van der Waals surface area contributed by atoms with Gasteiger partial charge in [-0.1, -0.05) is 30.3 Å². The molecule has 10 heteroatoms. The third kappa shape index (κ3) is 7.21. The lowest BCUT2D eigenvalue weighted by atomic mass is 9.88. The Morgan fingerprint density at radius 2 is 1.77 bits per heavy atom. The maximum Gasteiger partial charge on any atom is 0.266 e. The van der Waals surface area contributed by atoms with Crippen LogP contribution < -0.4 is 15.0 Å². The van der Waals surface area contributed by atoms with Gasteiger partial charge in [-0.3, -0.25) is 14.7 Å². The van der Waals surface area contributed by atoms with Gasteiger partial charge < -0.3 is 24.8 Å². The second-order valence-electron chi connectivity index (χ2n) is 12.7. The number of anilines is 1. The van der Waals surface area contributed by atoms with Crippen molar-refractivity contribution in [2.75, 3.05) is 44.2 Å². The van der Waals surface area contributed by atoms with Crippen LogP contribution in [0.3, 0.4) is 0 Å². The molecule has 3 aliphatic rings. The Balaban J connectivity index is 0.00000384. The van der Waals surface area contributed by atoms with E-state index in [1.807, 2.05) is 49.3 Å². The molecule has 44 heavy (non-hydrogen) atoms. The van der Waals surface area contributed by atoms with Gasteiger partial charge in [-0.05, 0) is 69.2 Å². The van der Waals surface area contributed by atoms with Gasteiger partial charge in [0.1, 0.15) is 5.75 Å². The van der Waals surface area contributed by atoms with Gasteiger partial charge in [0.15, 0.2) is 5.60 Å². The molecule has 9 nitrogen and oxygen atoms in total. The number of carbonyl (C=O) groups excluding carboxylic acids is 2. The van der Waals surface area contributed by atoms with Crippen molar-refractivity contribution < 1.29 is 14.3 Å². The molecule has 236 valence electrons. The zero-order valence-corrected chi connectivity index (χ0v) is 26.7. The highest BCUT2D eigenvalue weighted by molar-refractivity contribution is 5.85. The number of ether oxygens (including phenoxy) is 1. The number of H-pyrrole nitrogens is 1. The van der Waals surface area contributed by atoms with Crippen molar-refractivity contribution >= 4 is 29.9 Å². The number of aromatic amines is 1. The van der Waals surface area contributed by atoms with Gasteiger partial charge in [0.25, 0.3) is 5.91 Å². The zero-order valence-electron chi connectivity index (χ0n) is 25.8. The Hall–Kier alpha value is -3.56. The standard InChI is InChI=1S/C34H44N6O3.ClH/c1-34(2,33(42)38-18-15-35-16-19-38)43-31-10-4-9-30(20-31)39-17-5-6-27(24-39)32(41)40(29-7-3-8-29)23-25-11-13-26(14-12-25)28-21-36-37-22-28;/h4,9-14,20-22,27,29,35H,3,5-8,15-19,23-24H2,1-2H3,(H,36,37);1H/t27-;/m0./s1. The summed E-state index contributed by atoms with van der Waals surface area (Å²) in [5, 5.41) is 10.2. The van der Waals surface area contributed by atoms with Crippen molar-refractivity contribution in [1.29, 1.82) is 0 Å². The van der Waals surface area contributed by atoms with E-state index in [2.05, 4.69) is 55.6 Å². The summed E-state index contributed by atoms with van der Waals surface area (Å²) in [4.78, 5) is 33.6. The van der Waals surface area contributed by atoms with Gasteiger partial charge in [0.05, 0.1) is 12.1 Å². The van der Waals surface area contributed by atoms with Gasteiger partial charge in [-0.15, -0.1) is 12.4 Å². The Morgan fingerprint density at radius 3 is 2.45 bits per heavy atom. The van der Waals surface area contributed by atoms with E-state index in [1.54, 1.807) is 0 Å². The molecular weight excluding hydrogens is 576 g/mol. The Bertz CT molecular complexity index is 1390. The Morgan fingerprint density at radius 1 is 1.00 bits per heavy atom. The van der Waals surface area contributed by atoms with E-state index in [-0.39, 0.29) is 30.1 Å². The van der Waals surface area contributed by atoms with E-state index in [0.29, 0.717) is 38.0 Å². The van der Waals surface area contributed by atoms with Crippen molar-refractivity contribution in [3.05, 3.63) is 66.5 Å². The predicted octanol–water partition coefficient (Wildman–Crippen LogP) is 4.89. The summed E-state index contributed by atoms with van der Waals surface area (Å²) < 4.78 is 6.29. The molecule has 1 atom stereocenters. The topological polar surface area (TPSA) is 93.8 Å². The van der Waals surface area contributed by atoms with Crippen LogP contribution in [0.25, 0.3) is 11.1 Å². The molecule has 1 saturated carbocycles. The minimum atomic E-state index is -0.962. The summed E-state index contributed by atoms with van der Waals surface area (Å²) in [6, 6.07) is 16.8. The molecule has 0 spiro atoms. The van der Waals surface area contributed by atoms with Gasteiger partial charge in [-0.25, -0.2) is 0 Å². The Kier molecular flexibility index (Phi) is 10.2. The van der Waals surface area contributed by atoms with Crippen molar-refractivity contribution in [1.82, 2.24) is 25.3 Å². The lowest BCUT2D eigenvalue weighted by molar-refractivity contribution is -0.146. The first-order valence-corrected chi connectivity index (χ1v) is 15.8. The van der Waals surface area contributed by atoms with E-state index in [1.165, 1.54) is 6.42 Å². The average Bonchev–Trinajstić information content (AvgIpc) is 3.55. The molecule has 0 unspecified atom stereocenters. The number of hydrogen-bond acceptors (Lipinski definition) is 6. The smallest absolute Gasteiger partial charge is 0.266 e. The van der Waals surface area contributed by atoms with Crippen molar-refractivity contribution in [3.8, 4) is 16.9 Å². The minimum absolute atomic E-state index is 0. The van der Waals surface area contributed by atoms with Crippen LogP contribution in [0, 0.1) is 5.92 Å². The molecule has 2 aliphatic heterocycles. The summed E-state index contributed by atoms with van der Waals surface area (Å²) in [5.41, 5.74) is 3.40. The summed E-state index contributed by atoms with van der Waals surface area (Å²) in [7, 11) is 0. The molecule has 2 aromatic carbocycles. The highest BCUT2D eigenvalue weighted by atomic mass is 35.5. The van der Waals surface area contributed by atoms with Gasteiger partial charge in [-0.2, -0.15) is 5.10 Å². The molecule has 2 saturated heterocycles. The lowest BCUT2D eigenvalue weighted by Crippen LogP contribution is -2.54. The molecule has 3 fully saturated rings. The van der Waals surface area contributed by atoms with Crippen LogP contribution in [0.15, 0.2) is 60.9 Å². The van der Waals surface area contributed by atoms with Crippen LogP contribution in [0.5, 0.6) is 5.75 Å². The number of hydrogen-bond donors (Lipinski definition) is 2. The first kappa shape index (κ1) is 31.9. The van der Waals surface area contributed by atoms with E-state index in [9.17, 15) is 9.59 Å². The molecule has 1 aliphatic carbocycles. The number of rotatable bonds is 9. The predicted molar refractivity (Wildman–Crippen MR) is 175 cm³/mol. The van der Waals surface area contributed by atoms with Crippen molar-refractivity contribution in [2.45, 2.75) is 64.1 Å². The molecule has 0 radical (unpaired) electrons. The maximum atomic E-state index is 14.1. The van der Waals surface area contributed by atoms with E-state index in [4.69, 9.17) is 4.74 Å². The number of piperazine rings is 1. The molecule has 3 aromatic rings. The van der Waals surface area contributed by atoms with Gasteiger partial charge in [0, 0.05) is 75.4 Å². The fourth-order valence-corrected chi connectivity index (χ4v) is 6.47. The van der Waals surface area contributed by atoms with Crippen molar-refractivity contribution in [3.63, 3.8) is 0 Å². The Labute approximate surface area is 266 Å². The number of benzene rings is 2. The molecule has 3 heterocycles. The SMILES string of the molecule is CC(C)(Oc1cccc(N2CCC[C@H](C(=O)N(Cc3ccc(-c4cn[nH]c4)cc3)C3CCC3)C2)c1)C(=O)N1CCNCC1.Cl. The van der Waals surface area contributed by atoms with Crippen LogP contribution in [0.2, 0.25) is 0 Å². The number of nitrogens with zero attached hydrogens (tertiary/aromatic N) is 4. The summed E-state index contributed by atoms with van der Waals surface area (Å²) in [6.07, 6.45) is 8.93. The number of halogens is 1. The van der Waals surface area contributed by atoms with E-state index < -0.39 is 5.60 Å². The summed E-state index contributed by atoms with van der Waals surface area (Å²) in [6.45, 7) is 8.94. The molecular formula is C34H45ClN6O3. The third-order valence-corrected chi connectivity index (χ3v) is 9.18. The van der Waals surface area contributed by atoms with Crippen LogP contribution in [-0.2, 0) is 16.1 Å². The number of carbonyl (C=O) groups is 2. The third-order valence-electron chi connectivity index (χ3n) is 9.18. The highest BCUT2D eigenvalue weighted by Crippen LogP contribution is 2.33. The first-order chi connectivity index (χ1) is 20.9. The van der Waals surface area contributed by atoms with Crippen LogP contribution in [0.4, 0.5) is 5.69 Å². The molecule has 0 bridgehead atoms. The van der Waals surface area contributed by atoms with Crippen LogP contribution in [-0.4, -0.2) is 82.7 Å². The fraction of sp³-hybridized carbons (Fsp3) is 0.500. The number of nitrogens with one attached hydrogen (secondary N) is 2. The highest BCUT2D eigenvalue weighted by Gasteiger charge is 2.36. The fourth-order valence-electron chi connectivity index (χ4n) is 6.47. The molecule has 6 rings (SSSR count). The second-order valence-corrected chi connectivity index (χ2v) is 12.7. The first-order valence-electron chi connectivity index (χ1n) is 15.8. The van der Waals surface area contributed by atoms with E-state index >= 15 is 0 Å². The summed E-state index contributed by atoms with van der Waals surface area (Å²) >= 11 is 0. The van der Waals surface area contributed by atoms with E-state index in [0.717, 1.165) is 67.7 Å². The van der Waals surface area contributed by atoms with Gasteiger partial charge in [0.2, 0.25) is 5.91 Å². The van der Waals surface area contributed by atoms with Crippen LogP contribution >= 0.6 is 12.4 Å². The quantitative estimate of drug-likeness (QED) is 0.354. The largest absolute Gasteiger partial charge is 0.478 e.